The van der Waals surface area contributed by atoms with Gasteiger partial charge in [-0.3, -0.25) is 0 Å². The van der Waals surface area contributed by atoms with E-state index < -0.39 is 0 Å². The molecule has 23 heavy (non-hydrogen) atoms. The molecule has 0 unspecified atom stereocenters. The third-order valence-electron chi connectivity index (χ3n) is 3.56. The van der Waals surface area contributed by atoms with Crippen molar-refractivity contribution in [2.45, 2.75) is 56.0 Å². The van der Waals surface area contributed by atoms with E-state index in [4.69, 9.17) is 10.5 Å². The molecular weight excluding hydrogens is 308 g/mol. The maximum Gasteiger partial charge on any atom is 0.224 e. The first-order valence-corrected chi connectivity index (χ1v) is 8.68. The highest BCUT2D eigenvalue weighted by molar-refractivity contribution is 8.00. The Morgan fingerprint density at radius 3 is 2.43 bits per heavy atom. The van der Waals surface area contributed by atoms with Gasteiger partial charge >= 0.3 is 0 Å². The van der Waals surface area contributed by atoms with E-state index in [1.54, 1.807) is 11.8 Å². The molecule has 0 spiro atoms. The fourth-order valence-electron chi connectivity index (χ4n) is 2.07. The zero-order chi connectivity index (χ0) is 16.4. The summed E-state index contributed by atoms with van der Waals surface area (Å²) in [6.45, 7) is 6.86. The number of benzene rings is 1. The first-order valence-electron chi connectivity index (χ1n) is 7.80. The summed E-state index contributed by atoms with van der Waals surface area (Å²) in [6.07, 6.45) is 2.45. The monoisotopic (exact) mass is 330 g/mol. The SMILES string of the molecule is CC(C)(C)c1ccc(OCc2nc(N)nc(SC3CC3)n2)cc1. The molecule has 3 rings (SSSR count). The van der Waals surface area contributed by atoms with Crippen LogP contribution in [0.3, 0.4) is 0 Å². The third-order valence-corrected chi connectivity index (χ3v) is 4.76. The number of aromatic nitrogens is 3. The summed E-state index contributed by atoms with van der Waals surface area (Å²) < 4.78 is 5.77. The average Bonchev–Trinajstić information content (AvgIpc) is 3.28. The Hall–Kier alpha value is -1.82. The van der Waals surface area contributed by atoms with Gasteiger partial charge in [-0.25, -0.2) is 4.98 Å². The molecule has 5 nitrogen and oxygen atoms in total. The Balaban J connectivity index is 1.64. The maximum atomic E-state index is 5.77. The number of nitrogens with two attached hydrogens (primary N) is 1. The van der Waals surface area contributed by atoms with E-state index in [-0.39, 0.29) is 11.4 Å². The molecule has 0 atom stereocenters. The first-order chi connectivity index (χ1) is 10.9. The number of thioether (sulfide) groups is 1. The van der Waals surface area contributed by atoms with E-state index in [9.17, 15) is 0 Å². The van der Waals surface area contributed by atoms with E-state index in [0.29, 0.717) is 22.8 Å². The minimum absolute atomic E-state index is 0.135. The van der Waals surface area contributed by atoms with Gasteiger partial charge in [-0.15, -0.1) is 0 Å². The van der Waals surface area contributed by atoms with Crippen LogP contribution in [0.1, 0.15) is 45.0 Å². The van der Waals surface area contributed by atoms with E-state index in [1.807, 2.05) is 12.1 Å². The number of hydrogen-bond acceptors (Lipinski definition) is 6. The van der Waals surface area contributed by atoms with E-state index in [2.05, 4.69) is 47.9 Å². The van der Waals surface area contributed by atoms with Crippen LogP contribution in [0.5, 0.6) is 5.75 Å². The number of anilines is 1. The molecule has 6 heteroatoms. The molecule has 1 saturated carbocycles. The van der Waals surface area contributed by atoms with Crippen LogP contribution < -0.4 is 10.5 Å². The lowest BCUT2D eigenvalue weighted by atomic mass is 9.87. The molecule has 0 radical (unpaired) electrons. The molecule has 0 saturated heterocycles. The van der Waals surface area contributed by atoms with Crippen LogP contribution in [0.4, 0.5) is 5.95 Å². The van der Waals surface area contributed by atoms with Gasteiger partial charge in [0.2, 0.25) is 5.95 Å². The Morgan fingerprint density at radius 1 is 1.13 bits per heavy atom. The molecule has 2 N–H and O–H groups in total. The number of nitrogens with zero attached hydrogens (tertiary/aromatic N) is 3. The van der Waals surface area contributed by atoms with Crippen LogP contribution >= 0.6 is 11.8 Å². The molecule has 1 aromatic carbocycles. The fraction of sp³-hybridized carbons (Fsp3) is 0.471. The fourth-order valence-corrected chi connectivity index (χ4v) is 3.04. The molecule has 0 aliphatic heterocycles. The van der Waals surface area contributed by atoms with Crippen LogP contribution in [0.15, 0.2) is 29.4 Å². The highest BCUT2D eigenvalue weighted by Crippen LogP contribution is 2.37. The van der Waals surface area contributed by atoms with Crippen molar-refractivity contribution in [1.29, 1.82) is 0 Å². The number of rotatable bonds is 5. The molecule has 0 amide bonds. The quantitative estimate of drug-likeness (QED) is 0.903. The maximum absolute atomic E-state index is 5.77. The van der Waals surface area contributed by atoms with Gasteiger partial charge in [-0.1, -0.05) is 44.7 Å². The van der Waals surface area contributed by atoms with E-state index in [1.165, 1.54) is 18.4 Å². The lowest BCUT2D eigenvalue weighted by Crippen LogP contribution is -2.11. The highest BCUT2D eigenvalue weighted by atomic mass is 32.2. The smallest absolute Gasteiger partial charge is 0.224 e. The van der Waals surface area contributed by atoms with Gasteiger partial charge in [-0.2, -0.15) is 9.97 Å². The van der Waals surface area contributed by atoms with Gasteiger partial charge in [0.25, 0.3) is 0 Å². The molecule has 1 fully saturated rings. The average molecular weight is 330 g/mol. The van der Waals surface area contributed by atoms with Crippen molar-refractivity contribution in [3.8, 4) is 5.75 Å². The molecule has 1 aliphatic carbocycles. The second-order valence-corrected chi connectivity index (χ2v) is 8.04. The zero-order valence-electron chi connectivity index (χ0n) is 13.7. The Bertz CT molecular complexity index is 678. The van der Waals surface area contributed by atoms with Crippen molar-refractivity contribution in [2.24, 2.45) is 0 Å². The predicted molar refractivity (Wildman–Crippen MR) is 92.6 cm³/mol. The lowest BCUT2D eigenvalue weighted by Gasteiger charge is -2.19. The first kappa shape index (κ1) is 16.1. The van der Waals surface area contributed by atoms with Gasteiger partial charge in [0, 0.05) is 5.25 Å². The molecule has 2 aromatic rings. The Morgan fingerprint density at radius 2 is 1.83 bits per heavy atom. The van der Waals surface area contributed by atoms with Gasteiger partial charge in [-0.05, 0) is 36.0 Å². The summed E-state index contributed by atoms with van der Waals surface area (Å²) in [5.74, 6) is 1.62. The van der Waals surface area contributed by atoms with Crippen molar-refractivity contribution in [2.75, 3.05) is 5.73 Å². The number of hydrogen-bond donors (Lipinski definition) is 1. The van der Waals surface area contributed by atoms with Gasteiger partial charge in [0.05, 0.1) is 0 Å². The molecule has 0 bridgehead atoms. The second-order valence-electron chi connectivity index (χ2n) is 6.77. The van der Waals surface area contributed by atoms with Crippen molar-refractivity contribution in [3.63, 3.8) is 0 Å². The number of nitrogen functional groups attached to an aromatic ring is 1. The lowest BCUT2D eigenvalue weighted by molar-refractivity contribution is 0.294. The van der Waals surface area contributed by atoms with E-state index >= 15 is 0 Å². The molecule has 1 heterocycles. The van der Waals surface area contributed by atoms with Gasteiger partial charge in [0.15, 0.2) is 11.0 Å². The zero-order valence-corrected chi connectivity index (χ0v) is 14.6. The summed E-state index contributed by atoms with van der Waals surface area (Å²) >= 11 is 1.67. The molecule has 1 aliphatic rings. The van der Waals surface area contributed by atoms with Crippen LogP contribution in [0.25, 0.3) is 0 Å². The predicted octanol–water partition coefficient (Wildman–Crippen LogP) is 3.58. The number of ether oxygens (including phenoxy) is 1. The minimum atomic E-state index is 0.135. The molecular formula is C17H22N4OS. The molecule has 1 aromatic heterocycles. The summed E-state index contributed by atoms with van der Waals surface area (Å²) in [5, 5.41) is 1.33. The largest absolute Gasteiger partial charge is 0.486 e. The Kier molecular flexibility index (Phi) is 4.43. The second kappa shape index (κ2) is 6.35. The topological polar surface area (TPSA) is 73.9 Å². The minimum Gasteiger partial charge on any atom is -0.486 e. The normalized spacial score (nSPS) is 14.7. The third kappa shape index (κ3) is 4.58. The van der Waals surface area contributed by atoms with Crippen molar-refractivity contribution >= 4 is 17.7 Å². The van der Waals surface area contributed by atoms with Crippen molar-refractivity contribution in [3.05, 3.63) is 35.7 Å². The summed E-state index contributed by atoms with van der Waals surface area (Å²) in [4.78, 5) is 12.7. The van der Waals surface area contributed by atoms with Crippen molar-refractivity contribution in [1.82, 2.24) is 15.0 Å². The van der Waals surface area contributed by atoms with Crippen molar-refractivity contribution < 1.29 is 4.74 Å². The molecule has 122 valence electrons. The van der Waals surface area contributed by atoms with Crippen LogP contribution in [0, 0.1) is 0 Å². The van der Waals surface area contributed by atoms with E-state index in [0.717, 1.165) is 5.75 Å². The standard InChI is InChI=1S/C17H22N4OS/c1-17(2,3)11-4-6-12(7-5-11)22-10-14-19-15(18)21-16(20-14)23-13-8-9-13/h4-7,13H,8-10H2,1-3H3,(H2,18,19,20,21). The summed E-state index contributed by atoms with van der Waals surface area (Å²) in [5.41, 5.74) is 7.17. The summed E-state index contributed by atoms with van der Waals surface area (Å²) in [6, 6.07) is 8.13. The highest BCUT2D eigenvalue weighted by Gasteiger charge is 2.24. The summed E-state index contributed by atoms with van der Waals surface area (Å²) in [7, 11) is 0. The Labute approximate surface area is 141 Å². The van der Waals surface area contributed by atoms with Crippen LogP contribution in [-0.2, 0) is 12.0 Å². The van der Waals surface area contributed by atoms with Crippen LogP contribution in [-0.4, -0.2) is 20.2 Å². The van der Waals surface area contributed by atoms with Gasteiger partial charge < -0.3 is 10.5 Å². The van der Waals surface area contributed by atoms with Crippen LogP contribution in [0.2, 0.25) is 0 Å². The van der Waals surface area contributed by atoms with Gasteiger partial charge in [0.1, 0.15) is 12.4 Å².